The Bertz CT molecular complexity index is 2070. The summed E-state index contributed by atoms with van der Waals surface area (Å²) in [4.78, 5) is 53.9. The van der Waals surface area contributed by atoms with Crippen molar-refractivity contribution in [3.05, 3.63) is 56.6 Å². The average Bonchev–Trinajstić information content (AvgIpc) is 3.43. The number of amides is 2. The van der Waals surface area contributed by atoms with Gasteiger partial charge in [-0.2, -0.15) is 4.31 Å². The molecule has 0 spiro atoms. The van der Waals surface area contributed by atoms with Gasteiger partial charge < -0.3 is 31.2 Å². The van der Waals surface area contributed by atoms with E-state index in [0.29, 0.717) is 33.2 Å². The summed E-state index contributed by atoms with van der Waals surface area (Å²) >= 11 is 0. The largest absolute Gasteiger partial charge is 0.487 e. The molecule has 0 unspecified atom stereocenters. The third kappa shape index (κ3) is 10.7. The third-order valence-corrected chi connectivity index (χ3v) is 12.4. The number of benzene rings is 2. The van der Waals surface area contributed by atoms with E-state index in [9.17, 15) is 41.3 Å². The molecule has 0 aromatic heterocycles. The van der Waals surface area contributed by atoms with Crippen LogP contribution in [0.1, 0.15) is 55.9 Å². The van der Waals surface area contributed by atoms with Crippen LogP contribution in [0.15, 0.2) is 39.0 Å². The van der Waals surface area contributed by atoms with E-state index in [1.807, 2.05) is 13.8 Å². The molecule has 1 aliphatic heterocycles. The number of hydrogen-bond acceptors (Lipinski definition) is 13. The number of carbonyl (C=O) groups is 3. The fraction of sp³-hybridized carbons (Fsp3) is 0.529. The zero-order chi connectivity index (χ0) is 41.6. The van der Waals surface area contributed by atoms with E-state index in [1.54, 1.807) is 27.7 Å². The highest BCUT2D eigenvalue weighted by molar-refractivity contribution is 7.90. The fourth-order valence-corrected chi connectivity index (χ4v) is 8.93. The summed E-state index contributed by atoms with van der Waals surface area (Å²) in [6.45, 7) is 9.41. The lowest BCUT2D eigenvalue weighted by Gasteiger charge is -2.28. The highest BCUT2D eigenvalue weighted by Gasteiger charge is 2.37. The van der Waals surface area contributed by atoms with Gasteiger partial charge in [0.2, 0.25) is 27.8 Å². The van der Waals surface area contributed by atoms with Crippen LogP contribution in [-0.4, -0.2) is 113 Å². The number of nitro groups is 1. The lowest BCUT2D eigenvalue weighted by Crippen LogP contribution is -2.56. The van der Waals surface area contributed by atoms with Gasteiger partial charge in [-0.3, -0.25) is 29.5 Å². The van der Waals surface area contributed by atoms with Crippen molar-refractivity contribution in [2.45, 2.75) is 88.3 Å². The van der Waals surface area contributed by atoms with E-state index in [2.05, 4.69) is 15.0 Å². The molecule has 2 amide bonds. The number of sulfonamides is 2. The Kier molecular flexibility index (Phi) is 14.4. The van der Waals surface area contributed by atoms with E-state index >= 15 is 0 Å². The third-order valence-electron chi connectivity index (χ3n) is 8.94. The van der Waals surface area contributed by atoms with Crippen LogP contribution in [0.3, 0.4) is 0 Å². The predicted molar refractivity (Wildman–Crippen MR) is 202 cm³/mol. The zero-order valence-electron chi connectivity index (χ0n) is 32.2. The van der Waals surface area contributed by atoms with Gasteiger partial charge >= 0.3 is 5.97 Å². The number of para-hydroxylation sites is 1. The number of hydrogen-bond donors (Lipinski definition) is 4. The first-order chi connectivity index (χ1) is 25.4. The van der Waals surface area contributed by atoms with Gasteiger partial charge in [-0.25, -0.2) is 21.6 Å². The van der Waals surface area contributed by atoms with Gasteiger partial charge in [-0.05, 0) is 77.1 Å². The van der Waals surface area contributed by atoms with Gasteiger partial charge in [0, 0.05) is 45.2 Å². The highest BCUT2D eigenvalue weighted by atomic mass is 32.2. The van der Waals surface area contributed by atoms with Crippen molar-refractivity contribution < 1.29 is 45.6 Å². The molecule has 2 aromatic rings. The molecule has 0 saturated heterocycles. The number of esters is 1. The molecule has 3 rings (SSSR count). The average molecular weight is 811 g/mol. The summed E-state index contributed by atoms with van der Waals surface area (Å²) in [5.41, 5.74) is 13.5. The number of nitro benzene ring substituents is 1. The molecule has 0 aliphatic carbocycles. The van der Waals surface area contributed by atoms with Gasteiger partial charge in [0.25, 0.3) is 15.7 Å². The summed E-state index contributed by atoms with van der Waals surface area (Å²) in [7, 11) is -6.39. The normalized spacial score (nSPS) is 15.1. The summed E-state index contributed by atoms with van der Waals surface area (Å²) in [6, 6.07) is 1.80. The van der Waals surface area contributed by atoms with Gasteiger partial charge in [0.05, 0.1) is 22.5 Å². The van der Waals surface area contributed by atoms with Crippen LogP contribution in [0.5, 0.6) is 5.75 Å². The molecule has 1 aliphatic rings. The number of aliphatic imine (C=N–C) groups is 1. The maximum absolute atomic E-state index is 13.5. The first-order valence-corrected chi connectivity index (χ1v) is 20.2. The summed E-state index contributed by atoms with van der Waals surface area (Å²) in [6.07, 6.45) is 0.659. The number of fused-ring (bicyclic) bond motifs is 1. The molecule has 2 aromatic carbocycles. The molecule has 6 N–H and O–H groups in total. The van der Waals surface area contributed by atoms with Gasteiger partial charge in [-0.1, -0.05) is 12.1 Å². The van der Waals surface area contributed by atoms with Gasteiger partial charge in [0.1, 0.15) is 23.9 Å². The van der Waals surface area contributed by atoms with Crippen LogP contribution in [-0.2, 0) is 45.6 Å². The molecular weight excluding hydrogens is 761 g/mol. The van der Waals surface area contributed by atoms with Crippen molar-refractivity contribution in [1.29, 1.82) is 0 Å². The molecular formula is C34H50N8O11S2. The Hall–Kier alpha value is -4.86. The number of guanidine groups is 1. The molecule has 0 saturated carbocycles. The van der Waals surface area contributed by atoms with Crippen molar-refractivity contribution in [1.82, 2.24) is 19.2 Å². The predicted octanol–water partition coefficient (Wildman–Crippen LogP) is 0.761. The number of nitrogens with zero attached hydrogens (tertiary/aromatic N) is 4. The standard InChI is InChI=1S/C34H50N8O11S2/c1-9-52-28(43)19-40(7)32(45)25(18-41(8)55(50,51)27-15-11-10-14-26(27)42(46)47)38-31(44)24(35)13-12-16-37-33(36)39-54(48,49)30-21(3)20(2)29-23(22(30)4)17-34(5,6)53-29/h10-11,14-15,24-25H,9,12-13,16-19,35H2,1-8H3,(H,38,44)(H3,36,37,39)/t24-,25-/m0/s1. The van der Waals surface area contributed by atoms with Crippen LogP contribution >= 0.6 is 0 Å². The van der Waals surface area contributed by atoms with Crippen LogP contribution in [0.4, 0.5) is 5.69 Å². The van der Waals surface area contributed by atoms with Crippen molar-refractivity contribution in [3.63, 3.8) is 0 Å². The van der Waals surface area contributed by atoms with Crippen LogP contribution in [0, 0.1) is 30.9 Å². The Morgan fingerprint density at radius 1 is 1.09 bits per heavy atom. The molecule has 21 heteroatoms. The van der Waals surface area contributed by atoms with Crippen LogP contribution in [0.25, 0.3) is 0 Å². The zero-order valence-corrected chi connectivity index (χ0v) is 33.8. The molecule has 55 heavy (non-hydrogen) atoms. The second-order valence-electron chi connectivity index (χ2n) is 13.7. The Balaban J connectivity index is 1.71. The number of ether oxygens (including phenoxy) is 2. The molecule has 2 atom stereocenters. The minimum atomic E-state index is -4.56. The summed E-state index contributed by atoms with van der Waals surface area (Å²) < 4.78 is 67.7. The summed E-state index contributed by atoms with van der Waals surface area (Å²) in [5.74, 6) is -2.19. The summed E-state index contributed by atoms with van der Waals surface area (Å²) in [5, 5.41) is 14.0. The SMILES string of the molecule is CCOC(=O)CN(C)C(=O)[C@H](CN(C)S(=O)(=O)c1ccccc1[N+](=O)[O-])NC(=O)[C@@H](N)CCCN=C(N)NS(=O)(=O)c1c(C)c(C)c2c(c1C)CC(C)(C)O2. The fourth-order valence-electron chi connectivity index (χ4n) is 6.07. The number of nitrogens with one attached hydrogen (secondary N) is 2. The number of nitrogens with two attached hydrogens (primary N) is 2. The smallest absolute Gasteiger partial charge is 0.325 e. The van der Waals surface area contributed by atoms with Crippen molar-refractivity contribution >= 4 is 49.5 Å². The Morgan fingerprint density at radius 3 is 2.35 bits per heavy atom. The van der Waals surface area contributed by atoms with Crippen molar-refractivity contribution in [2.75, 3.05) is 40.3 Å². The monoisotopic (exact) mass is 810 g/mol. The van der Waals surface area contributed by atoms with E-state index in [4.69, 9.17) is 20.9 Å². The van der Waals surface area contributed by atoms with Crippen molar-refractivity contribution in [3.8, 4) is 5.75 Å². The molecule has 0 fully saturated rings. The minimum Gasteiger partial charge on any atom is -0.487 e. The second kappa shape index (κ2) is 17.7. The lowest BCUT2D eigenvalue weighted by molar-refractivity contribution is -0.387. The quantitative estimate of drug-likeness (QED) is 0.0430. The number of rotatable bonds is 17. The maximum Gasteiger partial charge on any atom is 0.325 e. The highest BCUT2D eigenvalue weighted by Crippen LogP contribution is 2.43. The van der Waals surface area contributed by atoms with Crippen LogP contribution in [0.2, 0.25) is 0 Å². The van der Waals surface area contributed by atoms with Crippen LogP contribution < -0.4 is 26.2 Å². The Morgan fingerprint density at radius 2 is 1.73 bits per heavy atom. The lowest BCUT2D eigenvalue weighted by atomic mass is 9.94. The molecule has 0 bridgehead atoms. The van der Waals surface area contributed by atoms with E-state index in [-0.39, 0.29) is 36.8 Å². The topological polar surface area (TPSA) is 276 Å². The van der Waals surface area contributed by atoms with E-state index < -0.39 is 84.1 Å². The Labute approximate surface area is 321 Å². The molecule has 0 radical (unpaired) electrons. The molecule has 304 valence electrons. The maximum atomic E-state index is 13.5. The molecule has 19 nitrogen and oxygen atoms in total. The van der Waals surface area contributed by atoms with Crippen molar-refractivity contribution in [2.24, 2.45) is 16.5 Å². The van der Waals surface area contributed by atoms with Gasteiger partial charge in [0.15, 0.2) is 4.90 Å². The molecule has 1 heterocycles. The van der Waals surface area contributed by atoms with Gasteiger partial charge in [-0.15, -0.1) is 0 Å². The van der Waals surface area contributed by atoms with E-state index in [1.165, 1.54) is 19.2 Å². The number of likely N-dealkylation sites (N-methyl/N-ethyl adjacent to an activating group) is 2. The number of carbonyl (C=O) groups excluding carboxylic acids is 3. The first kappa shape index (κ1) is 44.5. The second-order valence-corrected chi connectivity index (χ2v) is 17.4. The first-order valence-electron chi connectivity index (χ1n) is 17.3. The minimum absolute atomic E-state index is 0.0166. The van der Waals surface area contributed by atoms with E-state index in [0.717, 1.165) is 29.6 Å².